The largest absolute Gasteiger partial charge is 0.303 e. The summed E-state index contributed by atoms with van der Waals surface area (Å²) >= 11 is 0. The number of rotatable bonds is 4. The van der Waals surface area contributed by atoms with Crippen molar-refractivity contribution in [3.63, 3.8) is 0 Å². The molecule has 1 heteroatoms. The fourth-order valence-electron chi connectivity index (χ4n) is 2.00. The van der Waals surface area contributed by atoms with E-state index in [1.807, 2.05) is 6.92 Å². The van der Waals surface area contributed by atoms with E-state index in [0.29, 0.717) is 5.41 Å². The van der Waals surface area contributed by atoms with Gasteiger partial charge >= 0.3 is 0 Å². The van der Waals surface area contributed by atoms with Gasteiger partial charge < -0.3 is 4.79 Å². The van der Waals surface area contributed by atoms with Crippen LogP contribution < -0.4 is 0 Å². The molecule has 0 N–H and O–H groups in total. The zero-order valence-corrected chi connectivity index (χ0v) is 8.92. The second-order valence-corrected chi connectivity index (χ2v) is 4.85. The second-order valence-electron chi connectivity index (χ2n) is 4.85. The zero-order valence-electron chi connectivity index (χ0n) is 8.92. The molecule has 1 rings (SSSR count). The molecule has 1 aliphatic carbocycles. The fraction of sp³-hybridized carbons (Fsp3) is 0.750. The van der Waals surface area contributed by atoms with Gasteiger partial charge in [-0.2, -0.15) is 0 Å². The van der Waals surface area contributed by atoms with Gasteiger partial charge in [-0.05, 0) is 30.6 Å². The van der Waals surface area contributed by atoms with E-state index in [1.54, 1.807) is 0 Å². The molecule has 74 valence electrons. The Hall–Kier alpha value is -0.590. The maximum absolute atomic E-state index is 10.5. The van der Waals surface area contributed by atoms with Crippen LogP contribution in [0.15, 0.2) is 12.2 Å². The molecule has 0 amide bonds. The van der Waals surface area contributed by atoms with Crippen molar-refractivity contribution in [1.82, 2.24) is 0 Å². The van der Waals surface area contributed by atoms with Gasteiger partial charge in [0.05, 0.1) is 0 Å². The lowest BCUT2D eigenvalue weighted by Crippen LogP contribution is -2.18. The first-order chi connectivity index (χ1) is 6.06. The average Bonchev–Trinajstić information content (AvgIpc) is 2.41. The monoisotopic (exact) mass is 180 g/mol. The molecule has 0 radical (unpaired) electrons. The first-order valence-electron chi connectivity index (χ1n) is 5.19. The summed E-state index contributed by atoms with van der Waals surface area (Å²) in [5.74, 6) is 0.978. The molecule has 0 bridgehead atoms. The topological polar surface area (TPSA) is 17.1 Å². The highest BCUT2D eigenvalue weighted by atomic mass is 16.1. The van der Waals surface area contributed by atoms with Crippen molar-refractivity contribution in [3.8, 4) is 0 Å². The van der Waals surface area contributed by atoms with Crippen LogP contribution in [0.4, 0.5) is 0 Å². The summed E-state index contributed by atoms with van der Waals surface area (Å²) in [5, 5.41) is 0. The molecule has 0 saturated carbocycles. The lowest BCUT2D eigenvalue weighted by molar-refractivity contribution is -0.110. The molecule has 0 spiro atoms. The highest BCUT2D eigenvalue weighted by Gasteiger charge is 2.29. The Bertz CT molecular complexity index is 203. The van der Waals surface area contributed by atoms with E-state index in [9.17, 15) is 4.79 Å². The number of aldehydes is 1. The van der Waals surface area contributed by atoms with Crippen LogP contribution in [0.2, 0.25) is 0 Å². The van der Waals surface area contributed by atoms with Crippen molar-refractivity contribution in [2.24, 2.45) is 17.3 Å². The van der Waals surface area contributed by atoms with Gasteiger partial charge in [-0.25, -0.2) is 0 Å². The van der Waals surface area contributed by atoms with Gasteiger partial charge in [0.2, 0.25) is 0 Å². The van der Waals surface area contributed by atoms with Gasteiger partial charge in [0.1, 0.15) is 6.29 Å². The molecule has 0 heterocycles. The Labute approximate surface area is 81.2 Å². The van der Waals surface area contributed by atoms with Crippen LogP contribution in [0.25, 0.3) is 0 Å². The molecule has 1 nitrogen and oxygen atoms in total. The van der Waals surface area contributed by atoms with Gasteiger partial charge in [-0.3, -0.25) is 0 Å². The second kappa shape index (κ2) is 4.08. The number of carbonyl (C=O) groups excluding carboxylic acids is 1. The number of carbonyl (C=O) groups is 1. The first kappa shape index (κ1) is 10.5. The third kappa shape index (κ3) is 2.68. The standard InChI is InChI=1S/C12H20O/c1-10(9-13)6-7-11-5-4-8-12(11,2)3/h4,8-11H,5-7H2,1-3H3/t10?,11-/m1/s1. The Balaban J connectivity index is 2.34. The summed E-state index contributed by atoms with van der Waals surface area (Å²) in [6.07, 6.45) is 9.06. The summed E-state index contributed by atoms with van der Waals surface area (Å²) in [7, 11) is 0. The van der Waals surface area contributed by atoms with Gasteiger partial charge in [-0.15, -0.1) is 0 Å². The number of hydrogen-bond acceptors (Lipinski definition) is 1. The van der Waals surface area contributed by atoms with Gasteiger partial charge in [0.25, 0.3) is 0 Å². The van der Waals surface area contributed by atoms with Crippen molar-refractivity contribution in [3.05, 3.63) is 12.2 Å². The lowest BCUT2D eigenvalue weighted by Gasteiger charge is -2.26. The number of hydrogen-bond donors (Lipinski definition) is 0. The quantitative estimate of drug-likeness (QED) is 0.479. The minimum Gasteiger partial charge on any atom is -0.303 e. The molecule has 1 aliphatic rings. The van der Waals surface area contributed by atoms with E-state index in [1.165, 1.54) is 12.8 Å². The van der Waals surface area contributed by atoms with E-state index >= 15 is 0 Å². The lowest BCUT2D eigenvalue weighted by atomic mass is 9.78. The van der Waals surface area contributed by atoms with Crippen molar-refractivity contribution in [2.45, 2.75) is 40.0 Å². The summed E-state index contributed by atoms with van der Waals surface area (Å²) in [4.78, 5) is 10.5. The Morgan fingerprint density at radius 1 is 1.62 bits per heavy atom. The van der Waals surface area contributed by atoms with E-state index in [2.05, 4.69) is 26.0 Å². The van der Waals surface area contributed by atoms with Crippen molar-refractivity contribution < 1.29 is 4.79 Å². The Morgan fingerprint density at radius 2 is 2.31 bits per heavy atom. The fourth-order valence-corrected chi connectivity index (χ4v) is 2.00. The number of allylic oxidation sites excluding steroid dienone is 2. The Kier molecular flexibility index (Phi) is 3.29. The van der Waals surface area contributed by atoms with Crippen LogP contribution >= 0.6 is 0 Å². The predicted octanol–water partition coefficient (Wildman–Crippen LogP) is 3.20. The molecule has 0 aromatic carbocycles. The molecular formula is C12H20O. The summed E-state index contributed by atoms with van der Waals surface area (Å²) < 4.78 is 0. The summed E-state index contributed by atoms with van der Waals surface area (Å²) in [6, 6.07) is 0. The van der Waals surface area contributed by atoms with Gasteiger partial charge in [0, 0.05) is 5.92 Å². The molecule has 13 heavy (non-hydrogen) atoms. The van der Waals surface area contributed by atoms with Crippen LogP contribution in [0.5, 0.6) is 0 Å². The Morgan fingerprint density at radius 3 is 2.77 bits per heavy atom. The average molecular weight is 180 g/mol. The molecule has 1 unspecified atom stereocenters. The van der Waals surface area contributed by atoms with Crippen LogP contribution in [-0.4, -0.2) is 6.29 Å². The third-order valence-electron chi connectivity index (χ3n) is 3.22. The maximum atomic E-state index is 10.5. The highest BCUT2D eigenvalue weighted by Crippen LogP contribution is 2.40. The highest BCUT2D eigenvalue weighted by molar-refractivity contribution is 5.52. The maximum Gasteiger partial charge on any atom is 0.122 e. The molecule has 0 fully saturated rings. The first-order valence-corrected chi connectivity index (χ1v) is 5.19. The normalized spacial score (nSPS) is 27.5. The molecule has 0 aromatic heterocycles. The van der Waals surface area contributed by atoms with E-state index in [4.69, 9.17) is 0 Å². The molecule has 0 aliphatic heterocycles. The SMILES string of the molecule is CC(C=O)CC[C@H]1CC=CC1(C)C. The van der Waals surface area contributed by atoms with Crippen molar-refractivity contribution in [1.29, 1.82) is 0 Å². The third-order valence-corrected chi connectivity index (χ3v) is 3.22. The zero-order chi connectivity index (χ0) is 9.90. The smallest absolute Gasteiger partial charge is 0.122 e. The van der Waals surface area contributed by atoms with E-state index < -0.39 is 0 Å². The molecule has 0 saturated heterocycles. The van der Waals surface area contributed by atoms with Crippen molar-refractivity contribution >= 4 is 6.29 Å². The van der Waals surface area contributed by atoms with Crippen molar-refractivity contribution in [2.75, 3.05) is 0 Å². The minimum atomic E-state index is 0.233. The van der Waals surface area contributed by atoms with Gasteiger partial charge in [-0.1, -0.05) is 32.9 Å². The van der Waals surface area contributed by atoms with Gasteiger partial charge in [0.15, 0.2) is 0 Å². The van der Waals surface area contributed by atoms with E-state index in [-0.39, 0.29) is 5.92 Å². The van der Waals surface area contributed by atoms with Crippen LogP contribution in [0, 0.1) is 17.3 Å². The predicted molar refractivity (Wildman–Crippen MR) is 55.5 cm³/mol. The van der Waals surface area contributed by atoms with Crippen LogP contribution in [-0.2, 0) is 4.79 Å². The molecule has 2 atom stereocenters. The molecule has 0 aromatic rings. The summed E-state index contributed by atoms with van der Waals surface area (Å²) in [5.41, 5.74) is 0.350. The van der Waals surface area contributed by atoms with Crippen LogP contribution in [0.3, 0.4) is 0 Å². The van der Waals surface area contributed by atoms with E-state index in [0.717, 1.165) is 18.6 Å². The van der Waals surface area contributed by atoms with Crippen LogP contribution in [0.1, 0.15) is 40.0 Å². The summed E-state index contributed by atoms with van der Waals surface area (Å²) in [6.45, 7) is 6.57. The molecular weight excluding hydrogens is 160 g/mol. The minimum absolute atomic E-state index is 0.233.